The zero-order chi connectivity index (χ0) is 24.4. The summed E-state index contributed by atoms with van der Waals surface area (Å²) in [7, 11) is 0. The Morgan fingerprint density at radius 2 is 1.80 bits per heavy atom. The summed E-state index contributed by atoms with van der Waals surface area (Å²) in [5.41, 5.74) is 11.1. The first-order valence-electron chi connectivity index (χ1n) is 12.1. The van der Waals surface area contributed by atoms with Crippen molar-refractivity contribution in [2.24, 2.45) is 11.8 Å². The van der Waals surface area contributed by atoms with E-state index in [1.165, 1.54) is 0 Å². The maximum Gasteiger partial charge on any atom is 0.251 e. The lowest BCUT2D eigenvalue weighted by Gasteiger charge is -2.31. The summed E-state index contributed by atoms with van der Waals surface area (Å²) >= 11 is 1.64. The molecule has 1 saturated heterocycles. The fourth-order valence-electron chi connectivity index (χ4n) is 4.75. The second-order valence-electron chi connectivity index (χ2n) is 9.46. The standard InChI is InChI=1S/C28H29N5OS/c29-16-18-9-12-33(13-10-18)23-6-3-19(4-7-23)26(31)24-15-21(5-8-25(24)30)28(34)32-27(20-1-2-20)22-11-14-35-17-22/h3-8,11,14-15,17-18,20,27,31H,1-2,9-10,12-13,30H2,(H,32,34). The van der Waals surface area contributed by atoms with E-state index in [9.17, 15) is 4.79 Å². The number of rotatable bonds is 7. The van der Waals surface area contributed by atoms with Crippen LogP contribution in [0, 0.1) is 28.6 Å². The number of nitrogens with one attached hydrogen (secondary N) is 2. The smallest absolute Gasteiger partial charge is 0.251 e. The van der Waals surface area contributed by atoms with Crippen LogP contribution in [0.2, 0.25) is 0 Å². The molecule has 0 radical (unpaired) electrons. The summed E-state index contributed by atoms with van der Waals surface area (Å²) in [6, 6.07) is 17.5. The third-order valence-corrected chi connectivity index (χ3v) is 7.77. The molecule has 1 aromatic heterocycles. The number of nitrogens with two attached hydrogens (primary N) is 1. The van der Waals surface area contributed by atoms with Gasteiger partial charge in [-0.05, 0) is 84.3 Å². The number of nitrogen functional groups attached to an aromatic ring is 1. The Balaban J connectivity index is 1.30. The van der Waals surface area contributed by atoms with Crippen LogP contribution in [0.25, 0.3) is 0 Å². The minimum absolute atomic E-state index is 0.0278. The molecule has 4 N–H and O–H groups in total. The number of anilines is 2. The lowest BCUT2D eigenvalue weighted by atomic mass is 9.96. The van der Waals surface area contributed by atoms with Gasteiger partial charge in [-0.2, -0.15) is 16.6 Å². The lowest BCUT2D eigenvalue weighted by Crippen LogP contribution is -2.33. The molecule has 1 amide bonds. The zero-order valence-electron chi connectivity index (χ0n) is 19.5. The molecule has 5 rings (SSSR count). The average Bonchev–Trinajstić information content (AvgIpc) is 3.60. The third kappa shape index (κ3) is 5.08. The van der Waals surface area contributed by atoms with Crippen LogP contribution in [0.15, 0.2) is 59.3 Å². The fourth-order valence-corrected chi connectivity index (χ4v) is 5.45. The summed E-state index contributed by atoms with van der Waals surface area (Å²) in [6.07, 6.45) is 4.02. The molecule has 1 saturated carbocycles. The predicted octanol–water partition coefficient (Wildman–Crippen LogP) is 5.37. The van der Waals surface area contributed by atoms with Gasteiger partial charge in [0.25, 0.3) is 5.91 Å². The number of thiophene rings is 1. The van der Waals surface area contributed by atoms with Crippen molar-refractivity contribution in [2.75, 3.05) is 23.7 Å². The van der Waals surface area contributed by atoms with Gasteiger partial charge in [0.2, 0.25) is 0 Å². The normalized spacial score (nSPS) is 16.9. The molecular weight excluding hydrogens is 454 g/mol. The second-order valence-corrected chi connectivity index (χ2v) is 10.2. The van der Waals surface area contributed by atoms with Gasteiger partial charge in [0.1, 0.15) is 0 Å². The molecule has 0 bridgehead atoms. The van der Waals surface area contributed by atoms with Gasteiger partial charge >= 0.3 is 0 Å². The van der Waals surface area contributed by atoms with E-state index in [2.05, 4.69) is 27.7 Å². The van der Waals surface area contributed by atoms with Crippen LogP contribution in [0.1, 0.15) is 58.8 Å². The van der Waals surface area contributed by atoms with Gasteiger partial charge in [0.15, 0.2) is 0 Å². The van der Waals surface area contributed by atoms with Crippen LogP contribution in [0.4, 0.5) is 11.4 Å². The predicted molar refractivity (Wildman–Crippen MR) is 141 cm³/mol. The maximum absolute atomic E-state index is 13.1. The van der Waals surface area contributed by atoms with Crippen molar-refractivity contribution in [3.05, 3.63) is 81.5 Å². The Bertz CT molecular complexity index is 1250. The quantitative estimate of drug-likeness (QED) is 0.310. The van der Waals surface area contributed by atoms with E-state index in [0.717, 1.165) is 55.6 Å². The summed E-state index contributed by atoms with van der Waals surface area (Å²) in [4.78, 5) is 15.4. The minimum atomic E-state index is -0.140. The van der Waals surface area contributed by atoms with Crippen LogP contribution in [-0.4, -0.2) is 24.7 Å². The number of carbonyl (C=O) groups is 1. The van der Waals surface area contributed by atoms with Gasteiger partial charge < -0.3 is 16.0 Å². The number of hydrogen-bond acceptors (Lipinski definition) is 6. The molecule has 1 aliphatic heterocycles. The largest absolute Gasteiger partial charge is 0.398 e. The van der Waals surface area contributed by atoms with Gasteiger partial charge in [-0.15, -0.1) is 0 Å². The van der Waals surface area contributed by atoms with Crippen LogP contribution in [0.5, 0.6) is 0 Å². The minimum Gasteiger partial charge on any atom is -0.398 e. The molecule has 1 unspecified atom stereocenters. The highest BCUT2D eigenvalue weighted by Gasteiger charge is 2.34. The molecule has 7 heteroatoms. The van der Waals surface area contributed by atoms with Crippen molar-refractivity contribution < 1.29 is 4.79 Å². The van der Waals surface area contributed by atoms with Crippen molar-refractivity contribution in [3.8, 4) is 6.07 Å². The molecular formula is C28H29N5OS. The molecule has 2 fully saturated rings. The molecule has 0 spiro atoms. The first-order chi connectivity index (χ1) is 17.0. The van der Waals surface area contributed by atoms with Crippen LogP contribution < -0.4 is 16.0 Å². The summed E-state index contributed by atoms with van der Waals surface area (Å²) in [5.74, 6) is 0.499. The Kier molecular flexibility index (Phi) is 6.56. The van der Waals surface area contributed by atoms with Crippen LogP contribution >= 0.6 is 11.3 Å². The summed E-state index contributed by atoms with van der Waals surface area (Å²) < 4.78 is 0. The van der Waals surface area contributed by atoms with E-state index in [-0.39, 0.29) is 17.9 Å². The number of nitriles is 1. The van der Waals surface area contributed by atoms with Crippen LogP contribution in [0.3, 0.4) is 0 Å². The van der Waals surface area contributed by atoms with E-state index in [1.807, 2.05) is 29.6 Å². The Morgan fingerprint density at radius 3 is 2.43 bits per heavy atom. The fraction of sp³-hybridized carbons (Fsp3) is 0.321. The molecule has 2 aliphatic rings. The van der Waals surface area contributed by atoms with Crippen molar-refractivity contribution in [1.82, 2.24) is 5.32 Å². The Morgan fingerprint density at radius 1 is 1.09 bits per heavy atom. The molecule has 1 aliphatic carbocycles. The number of piperidine rings is 1. The van der Waals surface area contributed by atoms with E-state index >= 15 is 0 Å². The van der Waals surface area contributed by atoms with Crippen molar-refractivity contribution in [3.63, 3.8) is 0 Å². The first kappa shape index (κ1) is 23.1. The summed E-state index contributed by atoms with van der Waals surface area (Å²) in [6.45, 7) is 1.73. The van der Waals surface area contributed by atoms with Crippen LogP contribution in [-0.2, 0) is 0 Å². The molecule has 178 valence electrons. The molecule has 3 aromatic rings. The maximum atomic E-state index is 13.1. The summed E-state index contributed by atoms with van der Waals surface area (Å²) in [5, 5.41) is 25.3. The van der Waals surface area contributed by atoms with Crippen molar-refractivity contribution in [1.29, 1.82) is 10.7 Å². The van der Waals surface area contributed by atoms with Crippen molar-refractivity contribution >= 4 is 34.3 Å². The lowest BCUT2D eigenvalue weighted by molar-refractivity contribution is 0.0931. The van der Waals surface area contributed by atoms with E-state index in [0.29, 0.717) is 28.4 Å². The Labute approximate surface area is 209 Å². The number of benzene rings is 2. The van der Waals surface area contributed by atoms with E-state index in [4.69, 9.17) is 16.4 Å². The zero-order valence-corrected chi connectivity index (χ0v) is 20.4. The highest BCUT2D eigenvalue weighted by Crippen LogP contribution is 2.41. The number of nitrogens with zero attached hydrogens (tertiary/aromatic N) is 2. The average molecular weight is 484 g/mol. The number of carbonyl (C=O) groups excluding carboxylic acids is 1. The molecule has 2 aromatic carbocycles. The second kappa shape index (κ2) is 9.93. The Hall–Kier alpha value is -3.63. The molecule has 6 nitrogen and oxygen atoms in total. The number of hydrogen-bond donors (Lipinski definition) is 3. The molecule has 1 atom stereocenters. The molecule has 2 heterocycles. The van der Waals surface area contributed by atoms with Gasteiger partial charge in [-0.1, -0.05) is 12.1 Å². The SMILES string of the molecule is N#CC1CCN(c2ccc(C(=N)c3cc(C(=O)NC(c4ccsc4)C4CC4)ccc3N)cc2)CC1. The highest BCUT2D eigenvalue weighted by atomic mass is 32.1. The number of amides is 1. The van der Waals surface area contributed by atoms with Gasteiger partial charge in [0.05, 0.1) is 17.8 Å². The third-order valence-electron chi connectivity index (χ3n) is 7.07. The van der Waals surface area contributed by atoms with Gasteiger partial charge in [0, 0.05) is 47.1 Å². The van der Waals surface area contributed by atoms with Crippen molar-refractivity contribution in [2.45, 2.75) is 31.7 Å². The van der Waals surface area contributed by atoms with Gasteiger partial charge in [-0.25, -0.2) is 0 Å². The first-order valence-corrected chi connectivity index (χ1v) is 13.0. The highest BCUT2D eigenvalue weighted by molar-refractivity contribution is 7.08. The monoisotopic (exact) mass is 483 g/mol. The van der Waals surface area contributed by atoms with E-state index in [1.54, 1.807) is 29.5 Å². The topological polar surface area (TPSA) is 106 Å². The van der Waals surface area contributed by atoms with Gasteiger partial charge in [-0.3, -0.25) is 10.2 Å². The van der Waals surface area contributed by atoms with E-state index < -0.39 is 0 Å². The molecule has 35 heavy (non-hydrogen) atoms.